The molecule has 0 bridgehead atoms. The lowest BCUT2D eigenvalue weighted by Crippen LogP contribution is -2.50. The van der Waals surface area contributed by atoms with Gasteiger partial charge >= 0.3 is 0 Å². The van der Waals surface area contributed by atoms with E-state index in [1.807, 2.05) is 0 Å². The molecule has 1 saturated heterocycles. The molecule has 1 heteroatoms. The molecule has 1 heterocycles. The van der Waals surface area contributed by atoms with Gasteiger partial charge in [0.15, 0.2) is 0 Å². The van der Waals surface area contributed by atoms with E-state index in [4.69, 9.17) is 0 Å². The van der Waals surface area contributed by atoms with E-state index >= 15 is 0 Å². The molecular weight excluding hydrogens is 86.1 g/mol. The average Bonchev–Trinajstić information content (AvgIpc) is 1.68. The van der Waals surface area contributed by atoms with Gasteiger partial charge in [0.1, 0.15) is 0 Å². The van der Waals surface area contributed by atoms with Crippen LogP contribution in [0.15, 0.2) is 12.2 Å². The summed E-state index contributed by atoms with van der Waals surface area (Å²) >= 11 is 0. The van der Waals surface area contributed by atoms with Crippen LogP contribution >= 0.6 is 0 Å². The zero-order chi connectivity index (χ0) is 5.44. The molecular formula is C6H11N. The van der Waals surface area contributed by atoms with Gasteiger partial charge in [0.05, 0.1) is 0 Å². The molecule has 1 fully saturated rings. The average molecular weight is 97.2 g/mol. The lowest BCUT2D eigenvalue weighted by atomic mass is 9.94. The monoisotopic (exact) mass is 97.1 g/mol. The molecule has 0 aromatic heterocycles. The van der Waals surface area contributed by atoms with E-state index in [2.05, 4.69) is 25.7 Å². The normalized spacial score (nSPS) is 40.6. The molecule has 0 spiro atoms. The summed E-state index contributed by atoms with van der Waals surface area (Å²) in [5.74, 6) is 0. The number of rotatable bonds is 0. The van der Waals surface area contributed by atoms with Crippen LogP contribution < -0.4 is 5.32 Å². The lowest BCUT2D eigenvalue weighted by molar-refractivity contribution is 0.425. The molecule has 1 N–H and O–H groups in total. The molecule has 0 aliphatic carbocycles. The SMILES string of the molecule is C=C1C(C)NC1C. The summed E-state index contributed by atoms with van der Waals surface area (Å²) < 4.78 is 0. The molecule has 0 saturated carbocycles. The first-order valence-corrected chi connectivity index (χ1v) is 2.66. The smallest absolute Gasteiger partial charge is 0.0269 e. The Hall–Kier alpha value is -0.300. The van der Waals surface area contributed by atoms with Crippen molar-refractivity contribution < 1.29 is 0 Å². The van der Waals surface area contributed by atoms with E-state index in [-0.39, 0.29) is 0 Å². The summed E-state index contributed by atoms with van der Waals surface area (Å²) in [5.41, 5.74) is 1.33. The molecule has 1 aliphatic heterocycles. The Bertz CT molecular complexity index is 86.4. The van der Waals surface area contributed by atoms with Gasteiger partial charge < -0.3 is 5.32 Å². The Morgan fingerprint density at radius 3 is 1.86 bits per heavy atom. The third-order valence-electron chi connectivity index (χ3n) is 1.61. The molecule has 1 nitrogen and oxygen atoms in total. The topological polar surface area (TPSA) is 12.0 Å². The minimum atomic E-state index is 0.565. The van der Waals surface area contributed by atoms with E-state index in [1.165, 1.54) is 5.57 Å². The Kier molecular flexibility index (Phi) is 0.927. The van der Waals surface area contributed by atoms with E-state index in [9.17, 15) is 0 Å². The van der Waals surface area contributed by atoms with Gasteiger partial charge in [-0.15, -0.1) is 0 Å². The second-order valence-corrected chi connectivity index (χ2v) is 2.18. The van der Waals surface area contributed by atoms with Gasteiger partial charge in [-0.25, -0.2) is 0 Å². The van der Waals surface area contributed by atoms with E-state index in [0.29, 0.717) is 12.1 Å². The summed E-state index contributed by atoms with van der Waals surface area (Å²) in [6.07, 6.45) is 0. The summed E-state index contributed by atoms with van der Waals surface area (Å²) in [7, 11) is 0. The number of hydrogen-bond acceptors (Lipinski definition) is 1. The van der Waals surface area contributed by atoms with Crippen molar-refractivity contribution >= 4 is 0 Å². The van der Waals surface area contributed by atoms with E-state index in [1.54, 1.807) is 0 Å². The first-order chi connectivity index (χ1) is 3.22. The second-order valence-electron chi connectivity index (χ2n) is 2.18. The highest BCUT2D eigenvalue weighted by Crippen LogP contribution is 2.15. The van der Waals surface area contributed by atoms with Gasteiger partial charge in [0, 0.05) is 12.1 Å². The maximum Gasteiger partial charge on any atom is 0.0269 e. The van der Waals surface area contributed by atoms with Crippen LogP contribution in [0.4, 0.5) is 0 Å². The highest BCUT2D eigenvalue weighted by molar-refractivity contribution is 5.20. The van der Waals surface area contributed by atoms with Crippen LogP contribution in [-0.4, -0.2) is 12.1 Å². The standard InChI is InChI=1S/C6H11N/c1-4-5(2)7-6(4)3/h5-7H,1H2,2-3H3. The third kappa shape index (κ3) is 0.570. The zero-order valence-corrected chi connectivity index (χ0v) is 4.86. The van der Waals surface area contributed by atoms with Crippen LogP contribution in [0.3, 0.4) is 0 Å². The van der Waals surface area contributed by atoms with Crippen molar-refractivity contribution in [1.29, 1.82) is 0 Å². The van der Waals surface area contributed by atoms with Crippen molar-refractivity contribution in [3.05, 3.63) is 12.2 Å². The molecule has 1 rings (SSSR count). The molecule has 0 amide bonds. The minimum absolute atomic E-state index is 0.565. The van der Waals surface area contributed by atoms with Crippen molar-refractivity contribution in [2.24, 2.45) is 0 Å². The van der Waals surface area contributed by atoms with Gasteiger partial charge in [-0.05, 0) is 19.4 Å². The molecule has 7 heavy (non-hydrogen) atoms. The molecule has 2 atom stereocenters. The third-order valence-corrected chi connectivity index (χ3v) is 1.61. The van der Waals surface area contributed by atoms with Crippen LogP contribution in [0, 0.1) is 0 Å². The fourth-order valence-electron chi connectivity index (χ4n) is 0.868. The first-order valence-electron chi connectivity index (χ1n) is 2.66. The van der Waals surface area contributed by atoms with Crippen LogP contribution in [0.2, 0.25) is 0 Å². The summed E-state index contributed by atoms with van der Waals surface area (Å²) in [5, 5.41) is 3.26. The van der Waals surface area contributed by atoms with Crippen molar-refractivity contribution in [1.82, 2.24) is 5.32 Å². The van der Waals surface area contributed by atoms with E-state index < -0.39 is 0 Å². The van der Waals surface area contributed by atoms with Gasteiger partial charge in [-0.1, -0.05) is 6.58 Å². The Morgan fingerprint density at radius 2 is 1.86 bits per heavy atom. The van der Waals surface area contributed by atoms with Gasteiger partial charge in [-0.3, -0.25) is 0 Å². The quantitative estimate of drug-likeness (QED) is 0.443. The number of nitrogens with one attached hydrogen (secondary N) is 1. The molecule has 0 aromatic carbocycles. The van der Waals surface area contributed by atoms with Gasteiger partial charge in [0.25, 0.3) is 0 Å². The fourth-order valence-corrected chi connectivity index (χ4v) is 0.868. The first kappa shape index (κ1) is 4.85. The van der Waals surface area contributed by atoms with E-state index in [0.717, 1.165) is 0 Å². The van der Waals surface area contributed by atoms with Gasteiger partial charge in [0.2, 0.25) is 0 Å². The van der Waals surface area contributed by atoms with Crippen LogP contribution in [-0.2, 0) is 0 Å². The Morgan fingerprint density at radius 1 is 1.43 bits per heavy atom. The predicted octanol–water partition coefficient (Wildman–Crippen LogP) is 0.923. The highest BCUT2D eigenvalue weighted by Gasteiger charge is 2.23. The largest absolute Gasteiger partial charge is 0.304 e. The second kappa shape index (κ2) is 1.34. The van der Waals surface area contributed by atoms with Crippen LogP contribution in [0.5, 0.6) is 0 Å². The molecule has 2 unspecified atom stereocenters. The summed E-state index contributed by atoms with van der Waals surface area (Å²) in [6.45, 7) is 8.11. The van der Waals surface area contributed by atoms with Crippen LogP contribution in [0.1, 0.15) is 13.8 Å². The lowest BCUT2D eigenvalue weighted by Gasteiger charge is -2.35. The van der Waals surface area contributed by atoms with Crippen molar-refractivity contribution in [2.45, 2.75) is 25.9 Å². The maximum atomic E-state index is 3.86. The Balaban J connectivity index is 2.44. The summed E-state index contributed by atoms with van der Waals surface area (Å²) in [6, 6.07) is 1.13. The molecule has 1 aliphatic rings. The summed E-state index contributed by atoms with van der Waals surface area (Å²) in [4.78, 5) is 0. The fraction of sp³-hybridized carbons (Fsp3) is 0.667. The predicted molar refractivity (Wildman–Crippen MR) is 31.2 cm³/mol. The van der Waals surface area contributed by atoms with Crippen molar-refractivity contribution in [3.63, 3.8) is 0 Å². The zero-order valence-electron chi connectivity index (χ0n) is 4.86. The molecule has 40 valence electrons. The van der Waals surface area contributed by atoms with Crippen molar-refractivity contribution in [3.8, 4) is 0 Å². The van der Waals surface area contributed by atoms with Crippen LogP contribution in [0.25, 0.3) is 0 Å². The minimum Gasteiger partial charge on any atom is -0.304 e. The van der Waals surface area contributed by atoms with Gasteiger partial charge in [-0.2, -0.15) is 0 Å². The maximum absolute atomic E-state index is 3.86. The highest BCUT2D eigenvalue weighted by atomic mass is 15.0. The Labute approximate surface area is 44.4 Å². The molecule has 0 radical (unpaired) electrons. The van der Waals surface area contributed by atoms with Crippen molar-refractivity contribution in [2.75, 3.05) is 0 Å². The molecule has 0 aromatic rings. The number of hydrogen-bond donors (Lipinski definition) is 1.